The number of Topliss-reactive ketones (excluding diaryl/α,β-unsaturated/α-hetero) is 1. The van der Waals surface area contributed by atoms with Crippen molar-refractivity contribution in [3.8, 4) is 0 Å². The van der Waals surface area contributed by atoms with Crippen molar-refractivity contribution < 1.29 is 23.5 Å². The van der Waals surface area contributed by atoms with Crippen molar-refractivity contribution in [2.75, 3.05) is 11.4 Å². The van der Waals surface area contributed by atoms with Gasteiger partial charge in [0.25, 0.3) is 5.91 Å². The van der Waals surface area contributed by atoms with Crippen LogP contribution in [-0.4, -0.2) is 39.1 Å². The topological polar surface area (TPSA) is 86.3 Å². The summed E-state index contributed by atoms with van der Waals surface area (Å²) in [5, 5.41) is 18.3. The van der Waals surface area contributed by atoms with Crippen LogP contribution in [0.4, 0.5) is 14.5 Å². The van der Waals surface area contributed by atoms with Gasteiger partial charge in [0.2, 0.25) is 5.60 Å². The number of hydrogen-bond donors (Lipinski definition) is 2. The number of benzene rings is 2. The first-order chi connectivity index (χ1) is 13.4. The molecule has 0 radical (unpaired) electrons. The van der Waals surface area contributed by atoms with Crippen LogP contribution in [0, 0.1) is 11.6 Å². The van der Waals surface area contributed by atoms with E-state index in [0.29, 0.717) is 11.3 Å². The van der Waals surface area contributed by atoms with Gasteiger partial charge in [-0.1, -0.05) is 0 Å². The smallest absolute Gasteiger partial charge is 0.266 e. The summed E-state index contributed by atoms with van der Waals surface area (Å²) in [6.07, 6.45) is 1.42. The molecule has 0 bridgehead atoms. The third kappa shape index (κ3) is 3.16. The van der Waals surface area contributed by atoms with Crippen LogP contribution in [0.5, 0.6) is 0 Å². The minimum atomic E-state index is -2.13. The summed E-state index contributed by atoms with van der Waals surface area (Å²) in [7, 11) is 0. The lowest BCUT2D eigenvalue weighted by Gasteiger charge is -2.21. The molecule has 2 aromatic carbocycles. The molecule has 1 saturated heterocycles. The second kappa shape index (κ2) is 6.79. The minimum absolute atomic E-state index is 0.0318. The molecule has 2 heterocycles. The maximum absolute atomic E-state index is 13.3. The van der Waals surface area contributed by atoms with Crippen molar-refractivity contribution in [2.45, 2.75) is 24.9 Å². The number of amides is 1. The minimum Gasteiger partial charge on any atom is -0.373 e. The number of fused-ring (bicyclic) bond motifs is 1. The second-order valence-electron chi connectivity index (χ2n) is 6.91. The molecule has 1 aromatic heterocycles. The number of carbonyl (C=O) groups is 2. The van der Waals surface area contributed by atoms with Gasteiger partial charge >= 0.3 is 0 Å². The van der Waals surface area contributed by atoms with Gasteiger partial charge in [-0.05, 0) is 42.3 Å². The number of H-pyrrole nitrogens is 1. The van der Waals surface area contributed by atoms with E-state index in [1.165, 1.54) is 4.90 Å². The van der Waals surface area contributed by atoms with E-state index >= 15 is 0 Å². The predicted molar refractivity (Wildman–Crippen MR) is 97.7 cm³/mol. The number of ketones is 1. The highest BCUT2D eigenvalue weighted by Gasteiger charge is 2.50. The number of aliphatic hydroxyl groups is 1. The summed E-state index contributed by atoms with van der Waals surface area (Å²) in [6, 6.07) is 8.23. The van der Waals surface area contributed by atoms with Gasteiger partial charge in [-0.3, -0.25) is 14.7 Å². The highest BCUT2D eigenvalue weighted by molar-refractivity contribution is 6.17. The molecule has 144 valence electrons. The van der Waals surface area contributed by atoms with Gasteiger partial charge in [-0.2, -0.15) is 5.10 Å². The normalized spacial score (nSPS) is 19.5. The van der Waals surface area contributed by atoms with E-state index in [-0.39, 0.29) is 25.8 Å². The monoisotopic (exact) mass is 385 g/mol. The molecule has 1 aliphatic rings. The Morgan fingerprint density at radius 1 is 1.21 bits per heavy atom. The molecular formula is C20H17F2N3O3. The zero-order chi connectivity index (χ0) is 19.9. The lowest BCUT2D eigenvalue weighted by Crippen LogP contribution is -2.47. The van der Waals surface area contributed by atoms with Gasteiger partial charge in [-0.25, -0.2) is 8.78 Å². The number of aromatic nitrogens is 2. The Balaban J connectivity index is 1.49. The molecule has 1 amide bonds. The van der Waals surface area contributed by atoms with Crippen LogP contribution in [0.2, 0.25) is 0 Å². The average molecular weight is 385 g/mol. The number of anilines is 1. The van der Waals surface area contributed by atoms with Crippen LogP contribution in [-0.2, 0) is 16.0 Å². The fraction of sp³-hybridized carbons (Fsp3) is 0.250. The number of carbonyl (C=O) groups excluding carboxylic acids is 2. The molecule has 0 unspecified atom stereocenters. The summed E-state index contributed by atoms with van der Waals surface area (Å²) in [4.78, 5) is 26.7. The second-order valence-corrected chi connectivity index (χ2v) is 6.91. The lowest BCUT2D eigenvalue weighted by atomic mass is 9.92. The Hall–Kier alpha value is -3.13. The maximum Gasteiger partial charge on any atom is 0.266 e. The van der Waals surface area contributed by atoms with Crippen molar-refractivity contribution >= 4 is 28.3 Å². The van der Waals surface area contributed by atoms with Crippen molar-refractivity contribution in [3.63, 3.8) is 0 Å². The zero-order valence-electron chi connectivity index (χ0n) is 14.8. The summed E-state index contributed by atoms with van der Waals surface area (Å²) in [5.74, 6) is -2.82. The van der Waals surface area contributed by atoms with E-state index in [9.17, 15) is 23.5 Å². The molecule has 0 saturated carbocycles. The molecule has 1 atom stereocenters. The lowest BCUT2D eigenvalue weighted by molar-refractivity contribution is -0.147. The van der Waals surface area contributed by atoms with Gasteiger partial charge in [0.1, 0.15) is 11.6 Å². The predicted octanol–water partition coefficient (Wildman–Crippen LogP) is 2.51. The van der Waals surface area contributed by atoms with Crippen LogP contribution in [0.15, 0.2) is 42.6 Å². The Morgan fingerprint density at radius 2 is 1.96 bits per heavy atom. The Morgan fingerprint density at radius 3 is 2.71 bits per heavy atom. The summed E-state index contributed by atoms with van der Waals surface area (Å²) >= 11 is 0. The Kier molecular flexibility index (Phi) is 4.43. The molecule has 6 nitrogen and oxygen atoms in total. The number of aromatic amines is 1. The van der Waals surface area contributed by atoms with Crippen molar-refractivity contribution in [1.82, 2.24) is 10.2 Å². The quantitative estimate of drug-likeness (QED) is 0.661. The fourth-order valence-electron chi connectivity index (χ4n) is 3.53. The van der Waals surface area contributed by atoms with Gasteiger partial charge in [0.05, 0.1) is 11.7 Å². The third-order valence-corrected chi connectivity index (χ3v) is 5.06. The first-order valence-corrected chi connectivity index (χ1v) is 8.82. The number of halogens is 2. The summed E-state index contributed by atoms with van der Waals surface area (Å²) in [5.41, 5.74) is -0.460. The zero-order valence-corrected chi connectivity index (χ0v) is 14.8. The number of nitrogens with one attached hydrogen (secondary N) is 1. The van der Waals surface area contributed by atoms with E-state index in [2.05, 4.69) is 10.2 Å². The number of nitrogens with zero attached hydrogens (tertiary/aromatic N) is 2. The van der Waals surface area contributed by atoms with Crippen molar-refractivity contribution in [3.05, 3.63) is 59.8 Å². The van der Waals surface area contributed by atoms with Crippen molar-refractivity contribution in [2.24, 2.45) is 0 Å². The van der Waals surface area contributed by atoms with Crippen molar-refractivity contribution in [1.29, 1.82) is 0 Å². The molecule has 4 rings (SSSR count). The maximum atomic E-state index is 13.3. The summed E-state index contributed by atoms with van der Waals surface area (Å²) < 4.78 is 26.6. The molecule has 3 aromatic rings. The molecule has 2 N–H and O–H groups in total. The first kappa shape index (κ1) is 18.2. The van der Waals surface area contributed by atoms with Crippen LogP contribution >= 0.6 is 0 Å². The van der Waals surface area contributed by atoms with Gasteiger partial charge < -0.3 is 10.0 Å². The fourth-order valence-corrected chi connectivity index (χ4v) is 3.53. The van der Waals surface area contributed by atoms with Gasteiger partial charge in [-0.15, -0.1) is 0 Å². The number of hydrogen-bond acceptors (Lipinski definition) is 4. The molecule has 28 heavy (non-hydrogen) atoms. The molecule has 8 heteroatoms. The number of aryl methyl sites for hydroxylation is 1. The Bertz CT molecular complexity index is 1060. The molecular weight excluding hydrogens is 368 g/mol. The highest BCUT2D eigenvalue weighted by Crippen LogP contribution is 2.31. The number of rotatable bonds is 5. The highest BCUT2D eigenvalue weighted by atomic mass is 19.1. The largest absolute Gasteiger partial charge is 0.373 e. The van der Waals surface area contributed by atoms with E-state index in [0.717, 1.165) is 29.1 Å². The standard InChI is InChI=1S/C20H17F2N3O3/c21-14-7-12(8-15(22)10-14)1-4-18(26)20(28)5-6-25(19(20)27)16-2-3-17-13(9-16)11-23-24-17/h2-3,7-11,28H,1,4-6H2,(H,23,24)/t20-/m1/s1. The van der Waals surface area contributed by atoms with E-state index in [4.69, 9.17) is 0 Å². The molecule has 1 aliphatic heterocycles. The van der Waals surface area contributed by atoms with E-state index in [1.54, 1.807) is 24.4 Å². The third-order valence-electron chi connectivity index (χ3n) is 5.06. The van der Waals surface area contributed by atoms with Crippen LogP contribution in [0.25, 0.3) is 10.9 Å². The van der Waals surface area contributed by atoms with Gasteiger partial charge in [0.15, 0.2) is 5.78 Å². The average Bonchev–Trinajstić information content (AvgIpc) is 3.24. The van der Waals surface area contributed by atoms with Crippen LogP contribution in [0.1, 0.15) is 18.4 Å². The van der Waals surface area contributed by atoms with E-state index < -0.39 is 28.9 Å². The first-order valence-electron chi connectivity index (χ1n) is 8.82. The Labute approximate surface area is 158 Å². The molecule has 1 fully saturated rings. The summed E-state index contributed by atoms with van der Waals surface area (Å²) in [6.45, 7) is 0.193. The molecule has 0 spiro atoms. The van der Waals surface area contributed by atoms with Crippen LogP contribution in [0.3, 0.4) is 0 Å². The SMILES string of the molecule is O=C(CCc1cc(F)cc(F)c1)[C@]1(O)CCN(c2ccc3[nH]ncc3c2)C1=O. The van der Waals surface area contributed by atoms with E-state index in [1.807, 2.05) is 0 Å². The van der Waals surface area contributed by atoms with Gasteiger partial charge in [0, 0.05) is 36.5 Å². The van der Waals surface area contributed by atoms with Crippen LogP contribution < -0.4 is 4.90 Å². The molecule has 0 aliphatic carbocycles.